The zero-order valence-electron chi connectivity index (χ0n) is 13.4. The SMILES string of the molecule is COc1ccc(C(=O)OCC(=O)Nc2ccccc2C(F)(F)F)cc1F. The van der Waals surface area contributed by atoms with Gasteiger partial charge in [0, 0.05) is 0 Å². The molecular formula is C17H13F4NO4. The summed E-state index contributed by atoms with van der Waals surface area (Å²) in [6.07, 6.45) is -4.65. The molecule has 0 saturated heterocycles. The maximum Gasteiger partial charge on any atom is 0.418 e. The minimum Gasteiger partial charge on any atom is -0.494 e. The fourth-order valence-electron chi connectivity index (χ4n) is 2.03. The lowest BCUT2D eigenvalue weighted by Crippen LogP contribution is -2.22. The number of ether oxygens (including phenoxy) is 2. The molecule has 0 radical (unpaired) electrons. The fraction of sp³-hybridized carbons (Fsp3) is 0.176. The quantitative estimate of drug-likeness (QED) is 0.644. The maximum atomic E-state index is 13.5. The largest absolute Gasteiger partial charge is 0.494 e. The number of hydrogen-bond acceptors (Lipinski definition) is 4. The molecule has 0 atom stereocenters. The first-order valence-electron chi connectivity index (χ1n) is 7.19. The average Bonchev–Trinajstić information content (AvgIpc) is 2.59. The van der Waals surface area contributed by atoms with Gasteiger partial charge in [-0.3, -0.25) is 4.79 Å². The van der Waals surface area contributed by atoms with Gasteiger partial charge in [0.25, 0.3) is 5.91 Å². The van der Waals surface area contributed by atoms with Crippen molar-refractivity contribution in [3.63, 3.8) is 0 Å². The van der Waals surface area contributed by atoms with Crippen molar-refractivity contribution in [2.24, 2.45) is 0 Å². The molecule has 2 aromatic carbocycles. The van der Waals surface area contributed by atoms with Crippen LogP contribution in [0.25, 0.3) is 0 Å². The van der Waals surface area contributed by atoms with Gasteiger partial charge in [-0.15, -0.1) is 0 Å². The van der Waals surface area contributed by atoms with E-state index in [1.807, 2.05) is 5.32 Å². The number of benzene rings is 2. The van der Waals surface area contributed by atoms with Gasteiger partial charge < -0.3 is 14.8 Å². The highest BCUT2D eigenvalue weighted by atomic mass is 19.4. The van der Waals surface area contributed by atoms with E-state index in [1.165, 1.54) is 31.4 Å². The molecule has 2 aromatic rings. The van der Waals surface area contributed by atoms with E-state index in [4.69, 9.17) is 4.74 Å². The van der Waals surface area contributed by atoms with Gasteiger partial charge in [0.15, 0.2) is 18.2 Å². The number of rotatable bonds is 5. The lowest BCUT2D eigenvalue weighted by molar-refractivity contribution is -0.137. The Morgan fingerprint density at radius 2 is 1.81 bits per heavy atom. The molecule has 2 rings (SSSR count). The summed E-state index contributed by atoms with van der Waals surface area (Å²) in [5.74, 6) is -2.86. The number of carbonyl (C=O) groups excluding carboxylic acids is 2. The van der Waals surface area contributed by atoms with Crippen LogP contribution < -0.4 is 10.1 Å². The number of hydrogen-bond donors (Lipinski definition) is 1. The lowest BCUT2D eigenvalue weighted by atomic mass is 10.1. The Hall–Kier alpha value is -3.10. The van der Waals surface area contributed by atoms with Crippen LogP contribution >= 0.6 is 0 Å². The van der Waals surface area contributed by atoms with Crippen molar-refractivity contribution in [1.29, 1.82) is 0 Å². The van der Waals surface area contributed by atoms with Crippen LogP contribution in [-0.4, -0.2) is 25.6 Å². The van der Waals surface area contributed by atoms with E-state index in [0.29, 0.717) is 0 Å². The van der Waals surface area contributed by atoms with E-state index < -0.39 is 41.7 Å². The molecule has 0 aromatic heterocycles. The molecule has 0 heterocycles. The van der Waals surface area contributed by atoms with Gasteiger partial charge in [0.05, 0.1) is 23.9 Å². The third-order valence-electron chi connectivity index (χ3n) is 3.23. The fourth-order valence-corrected chi connectivity index (χ4v) is 2.03. The Balaban J connectivity index is 1.99. The Kier molecular flexibility index (Phi) is 5.81. The highest BCUT2D eigenvalue weighted by Gasteiger charge is 2.33. The summed E-state index contributed by atoms with van der Waals surface area (Å²) >= 11 is 0. The summed E-state index contributed by atoms with van der Waals surface area (Å²) in [5.41, 5.74) is -1.67. The van der Waals surface area contributed by atoms with Crippen LogP contribution in [0.3, 0.4) is 0 Å². The molecule has 0 spiro atoms. The molecule has 0 aliphatic rings. The van der Waals surface area contributed by atoms with Crippen molar-refractivity contribution < 1.29 is 36.6 Å². The summed E-state index contributed by atoms with van der Waals surface area (Å²) in [6.45, 7) is -0.835. The number of amides is 1. The summed E-state index contributed by atoms with van der Waals surface area (Å²) in [7, 11) is 1.25. The molecule has 0 saturated carbocycles. The van der Waals surface area contributed by atoms with E-state index in [0.717, 1.165) is 18.2 Å². The standard InChI is InChI=1S/C17H13F4NO4/c1-25-14-7-6-10(8-12(14)18)16(24)26-9-15(23)22-13-5-3-2-4-11(13)17(19,20)21/h2-8H,9H2,1H3,(H,22,23). The van der Waals surface area contributed by atoms with Crippen molar-refractivity contribution in [2.45, 2.75) is 6.18 Å². The zero-order chi connectivity index (χ0) is 19.3. The van der Waals surface area contributed by atoms with Crippen LogP contribution in [0.2, 0.25) is 0 Å². The summed E-state index contributed by atoms with van der Waals surface area (Å²) < 4.78 is 61.5. The highest BCUT2D eigenvalue weighted by Crippen LogP contribution is 2.34. The van der Waals surface area contributed by atoms with Crippen LogP contribution in [-0.2, 0) is 15.7 Å². The Labute approximate surface area is 145 Å². The number of alkyl halides is 3. The van der Waals surface area contributed by atoms with Crippen molar-refractivity contribution in [3.05, 3.63) is 59.4 Å². The van der Waals surface area contributed by atoms with Gasteiger partial charge >= 0.3 is 12.1 Å². The van der Waals surface area contributed by atoms with Crippen LogP contribution in [0.1, 0.15) is 15.9 Å². The number of esters is 1. The first kappa shape index (κ1) is 19.2. The number of anilines is 1. The summed E-state index contributed by atoms with van der Waals surface area (Å²) in [4.78, 5) is 23.5. The van der Waals surface area contributed by atoms with E-state index >= 15 is 0 Å². The van der Waals surface area contributed by atoms with Gasteiger partial charge in [0.2, 0.25) is 0 Å². The maximum absolute atomic E-state index is 13.5. The third kappa shape index (κ3) is 4.71. The minimum atomic E-state index is -4.65. The molecule has 5 nitrogen and oxygen atoms in total. The Morgan fingerprint density at radius 3 is 2.42 bits per heavy atom. The Morgan fingerprint density at radius 1 is 1.12 bits per heavy atom. The van der Waals surface area contributed by atoms with Crippen LogP contribution in [0.4, 0.5) is 23.2 Å². The second-order valence-electron chi connectivity index (χ2n) is 5.02. The van der Waals surface area contributed by atoms with Crippen molar-refractivity contribution >= 4 is 17.6 Å². The van der Waals surface area contributed by atoms with E-state index in [2.05, 4.69) is 4.74 Å². The van der Waals surface area contributed by atoms with Gasteiger partial charge in [-0.1, -0.05) is 12.1 Å². The first-order valence-corrected chi connectivity index (χ1v) is 7.19. The van der Waals surface area contributed by atoms with Crippen LogP contribution in [0.5, 0.6) is 5.75 Å². The number of nitrogens with one attached hydrogen (secondary N) is 1. The first-order chi connectivity index (χ1) is 12.2. The van der Waals surface area contributed by atoms with Gasteiger partial charge in [-0.25, -0.2) is 9.18 Å². The molecule has 0 bridgehead atoms. The normalized spacial score (nSPS) is 11.0. The molecule has 1 N–H and O–H groups in total. The molecule has 9 heteroatoms. The second-order valence-corrected chi connectivity index (χ2v) is 5.02. The number of carbonyl (C=O) groups is 2. The van der Waals surface area contributed by atoms with Gasteiger partial charge in [0.1, 0.15) is 0 Å². The average molecular weight is 371 g/mol. The molecule has 0 unspecified atom stereocenters. The van der Waals surface area contributed by atoms with Crippen molar-refractivity contribution in [1.82, 2.24) is 0 Å². The van der Waals surface area contributed by atoms with E-state index in [1.54, 1.807) is 0 Å². The minimum absolute atomic E-state index is 0.0805. The van der Waals surface area contributed by atoms with Crippen LogP contribution in [0.15, 0.2) is 42.5 Å². The van der Waals surface area contributed by atoms with Gasteiger partial charge in [-0.2, -0.15) is 13.2 Å². The summed E-state index contributed by atoms with van der Waals surface area (Å²) in [6, 6.07) is 7.65. The number of para-hydroxylation sites is 1. The molecule has 1 amide bonds. The lowest BCUT2D eigenvalue weighted by Gasteiger charge is -2.13. The third-order valence-corrected chi connectivity index (χ3v) is 3.23. The van der Waals surface area contributed by atoms with Crippen molar-refractivity contribution in [2.75, 3.05) is 19.0 Å². The molecule has 138 valence electrons. The second kappa shape index (κ2) is 7.85. The molecule has 26 heavy (non-hydrogen) atoms. The predicted molar refractivity (Wildman–Crippen MR) is 83.3 cm³/mol. The smallest absolute Gasteiger partial charge is 0.418 e. The monoisotopic (exact) mass is 371 g/mol. The van der Waals surface area contributed by atoms with Crippen LogP contribution in [0, 0.1) is 5.82 Å². The van der Waals surface area contributed by atoms with E-state index in [9.17, 15) is 27.2 Å². The predicted octanol–water partition coefficient (Wildman–Crippen LogP) is 3.65. The van der Waals surface area contributed by atoms with Gasteiger partial charge in [-0.05, 0) is 30.3 Å². The molecule has 0 aliphatic carbocycles. The topological polar surface area (TPSA) is 64.6 Å². The highest BCUT2D eigenvalue weighted by molar-refractivity contribution is 5.96. The Bertz CT molecular complexity index is 821. The number of methoxy groups -OCH3 is 1. The summed E-state index contributed by atoms with van der Waals surface area (Å²) in [5, 5.41) is 2.02. The van der Waals surface area contributed by atoms with E-state index in [-0.39, 0.29) is 11.3 Å². The molecule has 0 fully saturated rings. The zero-order valence-corrected chi connectivity index (χ0v) is 13.4. The van der Waals surface area contributed by atoms with Crippen molar-refractivity contribution in [3.8, 4) is 5.75 Å². The number of halogens is 4. The molecule has 0 aliphatic heterocycles. The molecular weight excluding hydrogens is 358 g/mol.